The Bertz CT molecular complexity index is 1050. The average Bonchev–Trinajstić information content (AvgIpc) is 2.88. The van der Waals surface area contributed by atoms with Crippen LogP contribution in [0, 0.1) is 0 Å². The minimum Gasteiger partial charge on any atom is -0.504 e. The van der Waals surface area contributed by atoms with Gasteiger partial charge in [-0.1, -0.05) is 12.1 Å². The summed E-state index contributed by atoms with van der Waals surface area (Å²) in [5.74, 6) is -6.21. The van der Waals surface area contributed by atoms with E-state index in [-0.39, 0.29) is 11.1 Å². The fourth-order valence-electron chi connectivity index (χ4n) is 2.54. The number of carbonyl (C=O) groups is 2. The van der Waals surface area contributed by atoms with Crippen LogP contribution < -0.4 is 0 Å². The van der Waals surface area contributed by atoms with Crippen molar-refractivity contribution in [3.63, 3.8) is 0 Å². The zero-order chi connectivity index (χ0) is 19.9. The SMILES string of the molecule is O=C1O/C(=C(/C(=O)O)c2ccc(O)c(O)c2)C(O)=C1c1ccc(O)c(O)c1. The number of ether oxygens (including phenoxy) is 1. The van der Waals surface area contributed by atoms with Crippen LogP contribution in [0.4, 0.5) is 0 Å². The molecule has 0 amide bonds. The van der Waals surface area contributed by atoms with Crippen molar-refractivity contribution in [2.75, 3.05) is 0 Å². The lowest BCUT2D eigenvalue weighted by atomic mass is 10.0. The minimum absolute atomic E-state index is 0.0129. The average molecular weight is 372 g/mol. The summed E-state index contributed by atoms with van der Waals surface area (Å²) in [6.07, 6.45) is 0. The number of phenolic OH excluding ortho intramolecular Hbond substituents is 4. The van der Waals surface area contributed by atoms with Gasteiger partial charge >= 0.3 is 11.9 Å². The van der Waals surface area contributed by atoms with E-state index in [1.165, 1.54) is 6.07 Å². The van der Waals surface area contributed by atoms with E-state index in [0.29, 0.717) is 0 Å². The van der Waals surface area contributed by atoms with Crippen LogP contribution in [0.5, 0.6) is 23.0 Å². The molecule has 0 saturated heterocycles. The van der Waals surface area contributed by atoms with E-state index in [0.717, 1.165) is 30.3 Å². The lowest BCUT2D eigenvalue weighted by molar-refractivity contribution is -0.131. The number of cyclic esters (lactones) is 1. The fraction of sp³-hybridized carbons (Fsp3) is 0. The number of carbonyl (C=O) groups excluding carboxylic acids is 1. The Morgan fingerprint density at radius 3 is 1.96 bits per heavy atom. The maximum Gasteiger partial charge on any atom is 0.348 e. The van der Waals surface area contributed by atoms with Gasteiger partial charge in [-0.25, -0.2) is 9.59 Å². The van der Waals surface area contributed by atoms with Gasteiger partial charge in [0.15, 0.2) is 34.5 Å². The van der Waals surface area contributed by atoms with Gasteiger partial charge in [-0.2, -0.15) is 0 Å². The summed E-state index contributed by atoms with van der Waals surface area (Å²) in [5.41, 5.74) is -1.20. The van der Waals surface area contributed by atoms with Crippen LogP contribution in [0.2, 0.25) is 0 Å². The molecule has 9 heteroatoms. The Labute approximate surface area is 150 Å². The highest BCUT2D eigenvalue weighted by Crippen LogP contribution is 2.39. The van der Waals surface area contributed by atoms with E-state index in [1.54, 1.807) is 0 Å². The van der Waals surface area contributed by atoms with Gasteiger partial charge in [-0.3, -0.25) is 0 Å². The predicted octanol–water partition coefficient (Wildman–Crippen LogP) is 1.83. The molecule has 138 valence electrons. The van der Waals surface area contributed by atoms with Crippen molar-refractivity contribution in [1.82, 2.24) is 0 Å². The van der Waals surface area contributed by atoms with Gasteiger partial charge in [-0.15, -0.1) is 0 Å². The molecule has 1 aliphatic heterocycles. The standard InChI is InChI=1S/C18H12O9/c19-9-3-1-7(5-11(9)21)13-15(23)16(27-18(13)26)14(17(24)25)8-2-4-10(20)12(22)6-8/h1-6,19-23H,(H,24,25)/b16-14+. The molecule has 27 heavy (non-hydrogen) atoms. The Hall–Kier alpha value is -4.14. The van der Waals surface area contributed by atoms with Gasteiger partial charge in [0.1, 0.15) is 11.1 Å². The summed E-state index contributed by atoms with van der Waals surface area (Å²) >= 11 is 0. The monoisotopic (exact) mass is 372 g/mol. The molecular weight excluding hydrogens is 360 g/mol. The van der Waals surface area contributed by atoms with Crippen molar-refractivity contribution in [3.05, 3.63) is 59.0 Å². The first kappa shape index (κ1) is 17.7. The number of rotatable bonds is 3. The van der Waals surface area contributed by atoms with Gasteiger partial charge in [0.05, 0.1) is 0 Å². The maximum absolute atomic E-state index is 12.2. The van der Waals surface area contributed by atoms with Crippen LogP contribution in [0.3, 0.4) is 0 Å². The zero-order valence-corrected chi connectivity index (χ0v) is 13.4. The second-order valence-corrected chi connectivity index (χ2v) is 5.53. The van der Waals surface area contributed by atoms with Crippen LogP contribution in [-0.2, 0) is 14.3 Å². The third-order valence-electron chi connectivity index (χ3n) is 3.82. The molecule has 0 aromatic heterocycles. The van der Waals surface area contributed by atoms with Gasteiger partial charge in [0.25, 0.3) is 0 Å². The molecule has 0 spiro atoms. The second kappa shape index (κ2) is 6.30. The Kier molecular flexibility index (Phi) is 4.12. The molecule has 2 aromatic rings. The number of hydrogen-bond acceptors (Lipinski definition) is 8. The molecular formula is C18H12O9. The van der Waals surface area contributed by atoms with Crippen LogP contribution in [-0.4, -0.2) is 42.6 Å². The summed E-state index contributed by atoms with van der Waals surface area (Å²) in [6, 6.07) is 6.41. The summed E-state index contributed by atoms with van der Waals surface area (Å²) in [6.45, 7) is 0. The number of esters is 1. The molecule has 1 heterocycles. The lowest BCUT2D eigenvalue weighted by Gasteiger charge is -2.08. The fourth-order valence-corrected chi connectivity index (χ4v) is 2.54. The van der Waals surface area contributed by atoms with Crippen molar-refractivity contribution in [3.8, 4) is 23.0 Å². The maximum atomic E-state index is 12.2. The molecule has 2 aromatic carbocycles. The van der Waals surface area contributed by atoms with Gasteiger partial charge in [0.2, 0.25) is 0 Å². The number of aliphatic carboxylic acids is 1. The third kappa shape index (κ3) is 2.97. The first-order valence-corrected chi connectivity index (χ1v) is 7.38. The second-order valence-electron chi connectivity index (χ2n) is 5.53. The Morgan fingerprint density at radius 1 is 0.815 bits per heavy atom. The number of aliphatic hydroxyl groups is 1. The lowest BCUT2D eigenvalue weighted by Crippen LogP contribution is -2.06. The van der Waals surface area contributed by atoms with Crippen molar-refractivity contribution in [2.45, 2.75) is 0 Å². The van der Waals surface area contributed by atoms with E-state index in [9.17, 15) is 40.2 Å². The Morgan fingerprint density at radius 2 is 1.41 bits per heavy atom. The molecule has 1 aliphatic rings. The number of hydrogen-bond donors (Lipinski definition) is 6. The number of phenols is 4. The molecule has 9 nitrogen and oxygen atoms in total. The van der Waals surface area contributed by atoms with Crippen molar-refractivity contribution in [2.24, 2.45) is 0 Å². The molecule has 0 saturated carbocycles. The Balaban J connectivity index is 2.22. The van der Waals surface area contributed by atoms with E-state index < -0.39 is 57.6 Å². The van der Waals surface area contributed by atoms with Crippen LogP contribution in [0.15, 0.2) is 47.9 Å². The van der Waals surface area contributed by atoms with Crippen molar-refractivity contribution >= 4 is 23.1 Å². The molecule has 0 atom stereocenters. The molecule has 0 aliphatic carbocycles. The quantitative estimate of drug-likeness (QED) is 0.268. The van der Waals surface area contributed by atoms with Crippen molar-refractivity contribution in [1.29, 1.82) is 0 Å². The first-order chi connectivity index (χ1) is 12.7. The highest BCUT2D eigenvalue weighted by molar-refractivity contribution is 6.25. The summed E-state index contributed by atoms with van der Waals surface area (Å²) in [4.78, 5) is 23.8. The van der Waals surface area contributed by atoms with Crippen LogP contribution >= 0.6 is 0 Å². The van der Waals surface area contributed by atoms with Crippen LogP contribution in [0.1, 0.15) is 11.1 Å². The number of aromatic hydroxyl groups is 4. The molecule has 3 rings (SSSR count). The van der Waals surface area contributed by atoms with Gasteiger partial charge in [-0.05, 0) is 35.4 Å². The number of carboxylic acids is 1. The molecule has 0 fully saturated rings. The summed E-state index contributed by atoms with van der Waals surface area (Å²) in [5, 5.41) is 57.7. The topological polar surface area (TPSA) is 165 Å². The highest BCUT2D eigenvalue weighted by Gasteiger charge is 2.36. The van der Waals surface area contributed by atoms with Gasteiger partial charge in [0, 0.05) is 0 Å². The minimum atomic E-state index is -1.57. The zero-order valence-electron chi connectivity index (χ0n) is 13.4. The molecule has 0 unspecified atom stereocenters. The highest BCUT2D eigenvalue weighted by atomic mass is 16.6. The molecule has 0 bridgehead atoms. The van der Waals surface area contributed by atoms with E-state index in [4.69, 9.17) is 4.74 Å². The smallest absolute Gasteiger partial charge is 0.348 e. The molecule has 0 radical (unpaired) electrons. The predicted molar refractivity (Wildman–Crippen MR) is 89.7 cm³/mol. The number of carboxylic acid groups (broad SMARTS) is 1. The van der Waals surface area contributed by atoms with E-state index in [2.05, 4.69) is 0 Å². The number of benzene rings is 2. The molecule has 6 N–H and O–H groups in total. The van der Waals surface area contributed by atoms with Crippen LogP contribution in [0.25, 0.3) is 11.1 Å². The summed E-state index contributed by atoms with van der Waals surface area (Å²) < 4.78 is 4.91. The van der Waals surface area contributed by atoms with E-state index >= 15 is 0 Å². The van der Waals surface area contributed by atoms with E-state index in [1.807, 2.05) is 0 Å². The third-order valence-corrected chi connectivity index (χ3v) is 3.82. The van der Waals surface area contributed by atoms with Gasteiger partial charge < -0.3 is 35.4 Å². The normalized spacial score (nSPS) is 15.6. The summed E-state index contributed by atoms with van der Waals surface area (Å²) in [7, 11) is 0. The first-order valence-electron chi connectivity index (χ1n) is 7.38. The largest absolute Gasteiger partial charge is 0.504 e. The van der Waals surface area contributed by atoms with Crippen molar-refractivity contribution < 1.29 is 45.0 Å². The number of aliphatic hydroxyl groups excluding tert-OH is 1.